The summed E-state index contributed by atoms with van der Waals surface area (Å²) in [6.45, 7) is 1.68. The van der Waals surface area contributed by atoms with Crippen LogP contribution in [0.4, 0.5) is 11.7 Å². The van der Waals surface area contributed by atoms with Crippen LogP contribution in [0.2, 0.25) is 0 Å². The molecule has 0 aliphatic carbocycles. The van der Waals surface area contributed by atoms with Crippen molar-refractivity contribution in [3.05, 3.63) is 39.8 Å². The molecule has 4 rings (SSSR count). The third-order valence-electron chi connectivity index (χ3n) is 3.95. The van der Waals surface area contributed by atoms with Crippen LogP contribution in [0, 0.1) is 23.0 Å². The predicted molar refractivity (Wildman–Crippen MR) is 95.3 cm³/mol. The van der Waals surface area contributed by atoms with Gasteiger partial charge in [-0.15, -0.1) is 0 Å². The Morgan fingerprint density at radius 1 is 1.36 bits per heavy atom. The van der Waals surface area contributed by atoms with Gasteiger partial charge in [0, 0.05) is 19.3 Å². The first-order valence-electron chi connectivity index (χ1n) is 7.95. The number of furan rings is 1. The first kappa shape index (κ1) is 17.3. The molecular formula is C15H12N8O5. The van der Waals surface area contributed by atoms with E-state index < -0.39 is 28.5 Å². The Morgan fingerprint density at radius 2 is 2.14 bits per heavy atom. The number of carbonyl (C=O) groups excluding carboxylic acids is 2. The molecule has 1 N–H and O–H groups in total. The van der Waals surface area contributed by atoms with Gasteiger partial charge in [0.2, 0.25) is 0 Å². The Hall–Kier alpha value is -4.16. The molecule has 28 heavy (non-hydrogen) atoms. The van der Waals surface area contributed by atoms with Gasteiger partial charge in [-0.1, -0.05) is 0 Å². The van der Waals surface area contributed by atoms with Gasteiger partial charge in [0.15, 0.2) is 5.76 Å². The molecule has 1 atom stereocenters. The predicted octanol–water partition coefficient (Wildman–Crippen LogP) is 0.635. The highest BCUT2D eigenvalue weighted by molar-refractivity contribution is 6.24. The largest absolute Gasteiger partial charge is 0.433 e. The van der Waals surface area contributed by atoms with Crippen molar-refractivity contribution in [3.63, 3.8) is 0 Å². The number of aryl methyl sites for hydroxylation is 1. The molecule has 2 aliphatic rings. The highest BCUT2D eigenvalue weighted by Crippen LogP contribution is 2.21. The zero-order valence-electron chi connectivity index (χ0n) is 14.6. The van der Waals surface area contributed by atoms with Crippen molar-refractivity contribution >= 4 is 41.5 Å². The fourth-order valence-electron chi connectivity index (χ4n) is 2.67. The van der Waals surface area contributed by atoms with Gasteiger partial charge < -0.3 is 9.73 Å². The Bertz CT molecular complexity index is 1110. The van der Waals surface area contributed by atoms with Gasteiger partial charge in [-0.2, -0.15) is 24.9 Å². The van der Waals surface area contributed by atoms with Crippen LogP contribution in [0.5, 0.6) is 0 Å². The molecule has 142 valence electrons. The summed E-state index contributed by atoms with van der Waals surface area (Å²) in [4.78, 5) is 42.8. The molecule has 0 fully saturated rings. The van der Waals surface area contributed by atoms with Gasteiger partial charge in [0.25, 0.3) is 17.8 Å². The second kappa shape index (κ2) is 6.22. The SMILES string of the molecule is Cc1cc(NC(=O)c2ccc([N+](=O)[O-])o2)n(C2=NC(=O)C3C=NN(C)C3=N2)n1. The smallest absolute Gasteiger partial charge is 0.395 e. The highest BCUT2D eigenvalue weighted by atomic mass is 16.6. The number of anilines is 1. The van der Waals surface area contributed by atoms with E-state index in [0.29, 0.717) is 11.5 Å². The van der Waals surface area contributed by atoms with E-state index in [2.05, 4.69) is 25.5 Å². The minimum absolute atomic E-state index is 0.0394. The Labute approximate surface area is 156 Å². The topological polar surface area (TPSA) is 161 Å². The molecule has 2 aliphatic heterocycles. The molecule has 2 aromatic rings. The summed E-state index contributed by atoms with van der Waals surface area (Å²) in [5.74, 6) is -2.13. The zero-order valence-corrected chi connectivity index (χ0v) is 14.6. The lowest BCUT2D eigenvalue weighted by molar-refractivity contribution is -0.402. The van der Waals surface area contributed by atoms with Crippen molar-refractivity contribution in [1.29, 1.82) is 0 Å². The molecule has 0 aromatic carbocycles. The molecule has 2 aromatic heterocycles. The molecule has 2 amide bonds. The number of amides is 2. The number of amidine groups is 1. The van der Waals surface area contributed by atoms with Crippen LogP contribution < -0.4 is 5.32 Å². The van der Waals surface area contributed by atoms with Gasteiger partial charge in [-0.3, -0.25) is 24.7 Å². The summed E-state index contributed by atoms with van der Waals surface area (Å²) in [6.07, 6.45) is 1.45. The van der Waals surface area contributed by atoms with Crippen molar-refractivity contribution in [2.75, 3.05) is 12.4 Å². The van der Waals surface area contributed by atoms with Crippen molar-refractivity contribution in [1.82, 2.24) is 14.8 Å². The number of hydrogen-bond donors (Lipinski definition) is 1. The fraction of sp³-hybridized carbons (Fsp3) is 0.200. The van der Waals surface area contributed by atoms with Crippen molar-refractivity contribution in [3.8, 4) is 0 Å². The van der Waals surface area contributed by atoms with E-state index >= 15 is 0 Å². The molecule has 0 saturated carbocycles. The standard InChI is InChI=1S/C15H12N8O5/c1-7-5-10(17-14(25)9-3-4-11(28-9)23(26)27)22(20-7)15-18-12-8(13(24)19-15)6-16-21(12)2/h3-6,8H,1-2H3,(H,17,25). The number of aromatic nitrogens is 2. The molecule has 4 heterocycles. The number of nitro groups is 1. The first-order chi connectivity index (χ1) is 13.3. The maximum Gasteiger partial charge on any atom is 0.433 e. The summed E-state index contributed by atoms with van der Waals surface area (Å²) in [5.41, 5.74) is 0.522. The van der Waals surface area contributed by atoms with E-state index in [4.69, 9.17) is 4.42 Å². The van der Waals surface area contributed by atoms with Crippen LogP contribution >= 0.6 is 0 Å². The fourth-order valence-corrected chi connectivity index (χ4v) is 2.67. The molecule has 13 heteroatoms. The number of nitrogens with one attached hydrogen (secondary N) is 1. The van der Waals surface area contributed by atoms with Crippen LogP contribution in [0.3, 0.4) is 0 Å². The van der Waals surface area contributed by atoms with E-state index in [1.807, 2.05) is 0 Å². The van der Waals surface area contributed by atoms with Gasteiger partial charge in [0.1, 0.15) is 22.5 Å². The van der Waals surface area contributed by atoms with Gasteiger partial charge in [-0.25, -0.2) is 0 Å². The zero-order chi connectivity index (χ0) is 20.0. The summed E-state index contributed by atoms with van der Waals surface area (Å²) in [6, 6.07) is 3.78. The summed E-state index contributed by atoms with van der Waals surface area (Å²) in [7, 11) is 1.65. The van der Waals surface area contributed by atoms with Crippen LogP contribution in [0.15, 0.2) is 37.7 Å². The number of hydrazone groups is 1. The number of fused-ring (bicyclic) bond motifs is 1. The van der Waals surface area contributed by atoms with Gasteiger partial charge in [0.05, 0.1) is 11.8 Å². The Morgan fingerprint density at radius 3 is 2.86 bits per heavy atom. The second-order valence-electron chi connectivity index (χ2n) is 5.92. The summed E-state index contributed by atoms with van der Waals surface area (Å²) >= 11 is 0. The number of carbonyl (C=O) groups is 2. The van der Waals surface area contributed by atoms with E-state index in [9.17, 15) is 19.7 Å². The highest BCUT2D eigenvalue weighted by Gasteiger charge is 2.35. The molecular weight excluding hydrogens is 372 g/mol. The molecule has 0 radical (unpaired) electrons. The first-order valence-corrected chi connectivity index (χ1v) is 7.95. The van der Waals surface area contributed by atoms with E-state index in [-0.39, 0.29) is 17.5 Å². The maximum atomic E-state index is 12.4. The van der Waals surface area contributed by atoms with Crippen LogP contribution in [0.25, 0.3) is 0 Å². The van der Waals surface area contributed by atoms with Crippen LogP contribution in [0.1, 0.15) is 16.2 Å². The van der Waals surface area contributed by atoms with Crippen LogP contribution in [-0.4, -0.2) is 56.6 Å². The third-order valence-corrected chi connectivity index (χ3v) is 3.95. The molecule has 1 unspecified atom stereocenters. The van der Waals surface area contributed by atoms with Crippen molar-refractivity contribution in [2.45, 2.75) is 6.92 Å². The molecule has 0 saturated heterocycles. The summed E-state index contributed by atoms with van der Waals surface area (Å²) in [5, 5.41) is 22.9. The van der Waals surface area contributed by atoms with Crippen molar-refractivity contribution in [2.24, 2.45) is 21.0 Å². The minimum Gasteiger partial charge on any atom is -0.395 e. The van der Waals surface area contributed by atoms with E-state index in [1.165, 1.54) is 28.0 Å². The van der Waals surface area contributed by atoms with E-state index in [1.54, 1.807) is 14.0 Å². The number of aliphatic imine (C=N–C) groups is 2. The second-order valence-corrected chi connectivity index (χ2v) is 5.92. The van der Waals surface area contributed by atoms with E-state index in [0.717, 1.165) is 6.07 Å². The lowest BCUT2D eigenvalue weighted by atomic mass is 10.1. The number of hydrogen-bond acceptors (Lipinski definition) is 9. The average molecular weight is 384 g/mol. The number of rotatable bonds is 3. The summed E-state index contributed by atoms with van der Waals surface area (Å²) < 4.78 is 6.08. The van der Waals surface area contributed by atoms with Gasteiger partial charge >= 0.3 is 5.88 Å². The normalized spacial score (nSPS) is 18.0. The average Bonchev–Trinajstić information content (AvgIpc) is 3.34. The van der Waals surface area contributed by atoms with Crippen LogP contribution in [-0.2, 0) is 4.79 Å². The molecule has 13 nitrogen and oxygen atoms in total. The lowest BCUT2D eigenvalue weighted by Crippen LogP contribution is -2.35. The monoisotopic (exact) mass is 384 g/mol. The Balaban J connectivity index is 1.64. The molecule has 0 spiro atoms. The van der Waals surface area contributed by atoms with Gasteiger partial charge in [-0.05, 0) is 13.0 Å². The lowest BCUT2D eigenvalue weighted by Gasteiger charge is -2.17. The Kier molecular flexibility index (Phi) is 3.84. The maximum absolute atomic E-state index is 12.4. The minimum atomic E-state index is -0.750. The molecule has 0 bridgehead atoms. The van der Waals surface area contributed by atoms with Crippen molar-refractivity contribution < 1.29 is 18.9 Å². The quantitative estimate of drug-likeness (QED) is 0.600. The third kappa shape index (κ3) is 2.84. The number of nitrogens with zero attached hydrogens (tertiary/aromatic N) is 7.